The molecule has 1 aliphatic heterocycles. The highest BCUT2D eigenvalue weighted by molar-refractivity contribution is 7.15. The van der Waals surface area contributed by atoms with E-state index in [2.05, 4.69) is 11.8 Å². The molecule has 1 aromatic rings. The molecule has 3 nitrogen and oxygen atoms in total. The lowest BCUT2D eigenvalue weighted by atomic mass is 10.0. The average Bonchev–Trinajstić information content (AvgIpc) is 3.08. The smallest absolute Gasteiger partial charge is 0.185 e. The van der Waals surface area contributed by atoms with Crippen molar-refractivity contribution in [2.45, 2.75) is 45.1 Å². The normalized spacial score (nSPS) is 25.3. The van der Waals surface area contributed by atoms with Crippen molar-refractivity contribution in [2.75, 3.05) is 18.0 Å². The van der Waals surface area contributed by atoms with Crippen LogP contribution in [0.1, 0.15) is 49.1 Å². The quantitative estimate of drug-likeness (QED) is 0.898. The zero-order valence-electron chi connectivity index (χ0n) is 10.5. The molecule has 2 heterocycles. The van der Waals surface area contributed by atoms with Gasteiger partial charge in [-0.2, -0.15) is 0 Å². The molecule has 0 bridgehead atoms. The summed E-state index contributed by atoms with van der Waals surface area (Å²) in [5.74, 6) is 1.53. The van der Waals surface area contributed by atoms with E-state index in [4.69, 9.17) is 10.7 Å². The molecule has 2 fully saturated rings. The first kappa shape index (κ1) is 11.5. The Kier molecular flexibility index (Phi) is 3.09. The third-order valence-corrected chi connectivity index (χ3v) is 4.95. The van der Waals surface area contributed by atoms with Gasteiger partial charge in [-0.15, -0.1) is 11.3 Å². The Morgan fingerprint density at radius 3 is 2.88 bits per heavy atom. The Morgan fingerprint density at radius 1 is 1.41 bits per heavy atom. The minimum absolute atomic E-state index is 0.660. The van der Waals surface area contributed by atoms with Gasteiger partial charge in [0.05, 0.1) is 5.69 Å². The lowest BCUT2D eigenvalue weighted by Gasteiger charge is -2.30. The van der Waals surface area contributed by atoms with Crippen molar-refractivity contribution in [3.63, 3.8) is 0 Å². The van der Waals surface area contributed by atoms with Gasteiger partial charge in [0, 0.05) is 30.4 Å². The van der Waals surface area contributed by atoms with E-state index in [1.165, 1.54) is 54.5 Å². The van der Waals surface area contributed by atoms with Crippen LogP contribution >= 0.6 is 11.3 Å². The predicted molar refractivity (Wildman–Crippen MR) is 72.6 cm³/mol. The SMILES string of the molecule is CC1CCCN(c2nc(C3CC3)c(CN)s2)C1. The van der Waals surface area contributed by atoms with Crippen molar-refractivity contribution in [3.8, 4) is 0 Å². The molecule has 1 saturated heterocycles. The molecule has 1 aliphatic carbocycles. The maximum absolute atomic E-state index is 5.84. The zero-order chi connectivity index (χ0) is 11.8. The van der Waals surface area contributed by atoms with Gasteiger partial charge in [-0.1, -0.05) is 6.92 Å². The van der Waals surface area contributed by atoms with Crippen LogP contribution in [0.2, 0.25) is 0 Å². The second kappa shape index (κ2) is 4.58. The maximum atomic E-state index is 5.84. The lowest BCUT2D eigenvalue weighted by Crippen LogP contribution is -2.34. The van der Waals surface area contributed by atoms with Crippen LogP contribution in [0.25, 0.3) is 0 Å². The van der Waals surface area contributed by atoms with Crippen LogP contribution in [0, 0.1) is 5.92 Å². The van der Waals surface area contributed by atoms with Gasteiger partial charge in [-0.3, -0.25) is 0 Å². The molecular formula is C13H21N3S. The minimum atomic E-state index is 0.660. The molecule has 1 saturated carbocycles. The number of thiazole rings is 1. The third-order valence-electron chi connectivity index (χ3n) is 3.79. The summed E-state index contributed by atoms with van der Waals surface area (Å²) >= 11 is 1.83. The fraction of sp³-hybridized carbons (Fsp3) is 0.769. The molecule has 1 unspecified atom stereocenters. The van der Waals surface area contributed by atoms with Crippen LogP contribution in [0.5, 0.6) is 0 Å². The molecule has 2 aliphatic rings. The van der Waals surface area contributed by atoms with E-state index in [9.17, 15) is 0 Å². The largest absolute Gasteiger partial charge is 0.348 e. The Bertz CT molecular complexity index is 397. The van der Waals surface area contributed by atoms with Crippen molar-refractivity contribution in [1.29, 1.82) is 0 Å². The standard InChI is InChI=1S/C13H21N3S/c1-9-3-2-6-16(8-9)13-15-12(10-4-5-10)11(7-14)17-13/h9-10H,2-8,14H2,1H3. The van der Waals surface area contributed by atoms with E-state index in [1.54, 1.807) is 0 Å². The molecule has 2 N–H and O–H groups in total. The Morgan fingerprint density at radius 2 is 2.24 bits per heavy atom. The van der Waals surface area contributed by atoms with Crippen LogP contribution < -0.4 is 10.6 Å². The molecule has 0 amide bonds. The number of nitrogens with zero attached hydrogens (tertiary/aromatic N) is 2. The van der Waals surface area contributed by atoms with Gasteiger partial charge < -0.3 is 10.6 Å². The van der Waals surface area contributed by atoms with E-state index >= 15 is 0 Å². The summed E-state index contributed by atoms with van der Waals surface area (Å²) in [5.41, 5.74) is 7.15. The van der Waals surface area contributed by atoms with Crippen molar-refractivity contribution in [3.05, 3.63) is 10.6 Å². The molecular weight excluding hydrogens is 230 g/mol. The highest BCUT2D eigenvalue weighted by Gasteiger charge is 2.30. The predicted octanol–water partition coefficient (Wildman–Crippen LogP) is 2.72. The van der Waals surface area contributed by atoms with Crippen LogP contribution in [-0.4, -0.2) is 18.1 Å². The number of rotatable bonds is 3. The molecule has 1 atom stereocenters. The summed E-state index contributed by atoms with van der Waals surface area (Å²) in [6, 6.07) is 0. The molecule has 0 aromatic carbocycles. The fourth-order valence-electron chi connectivity index (χ4n) is 2.67. The molecule has 4 heteroatoms. The van der Waals surface area contributed by atoms with Gasteiger partial charge in [0.2, 0.25) is 0 Å². The summed E-state index contributed by atoms with van der Waals surface area (Å²) in [4.78, 5) is 8.65. The first-order valence-corrected chi connectivity index (χ1v) is 7.54. The Hall–Kier alpha value is -0.610. The van der Waals surface area contributed by atoms with Crippen molar-refractivity contribution in [2.24, 2.45) is 11.7 Å². The summed E-state index contributed by atoms with van der Waals surface area (Å²) < 4.78 is 0. The van der Waals surface area contributed by atoms with E-state index < -0.39 is 0 Å². The topological polar surface area (TPSA) is 42.2 Å². The third kappa shape index (κ3) is 2.33. The van der Waals surface area contributed by atoms with Gasteiger partial charge in [0.25, 0.3) is 0 Å². The first-order valence-electron chi connectivity index (χ1n) is 6.72. The molecule has 3 rings (SSSR count). The van der Waals surface area contributed by atoms with E-state index in [0.717, 1.165) is 11.8 Å². The maximum Gasteiger partial charge on any atom is 0.185 e. The molecule has 17 heavy (non-hydrogen) atoms. The fourth-order valence-corrected chi connectivity index (χ4v) is 3.73. The molecule has 94 valence electrons. The van der Waals surface area contributed by atoms with Crippen LogP contribution in [0.4, 0.5) is 5.13 Å². The second-order valence-corrected chi connectivity index (χ2v) is 6.54. The number of anilines is 1. The van der Waals surface area contributed by atoms with Crippen LogP contribution in [0.3, 0.4) is 0 Å². The van der Waals surface area contributed by atoms with Gasteiger partial charge in [0.1, 0.15) is 0 Å². The number of aromatic nitrogens is 1. The highest BCUT2D eigenvalue weighted by Crippen LogP contribution is 2.44. The average molecular weight is 251 g/mol. The lowest BCUT2D eigenvalue weighted by molar-refractivity contribution is 0.446. The minimum Gasteiger partial charge on any atom is -0.348 e. The Balaban J connectivity index is 1.82. The number of hydrogen-bond donors (Lipinski definition) is 1. The van der Waals surface area contributed by atoms with Crippen LogP contribution in [0.15, 0.2) is 0 Å². The van der Waals surface area contributed by atoms with Crippen molar-refractivity contribution in [1.82, 2.24) is 4.98 Å². The number of piperidine rings is 1. The Labute approximate surface area is 107 Å². The van der Waals surface area contributed by atoms with Crippen molar-refractivity contribution < 1.29 is 0 Å². The van der Waals surface area contributed by atoms with Gasteiger partial charge in [-0.25, -0.2) is 4.98 Å². The number of nitrogens with two attached hydrogens (primary N) is 1. The summed E-state index contributed by atoms with van der Waals surface area (Å²) in [5, 5.41) is 1.22. The van der Waals surface area contributed by atoms with E-state index in [-0.39, 0.29) is 0 Å². The first-order chi connectivity index (χ1) is 8.28. The summed E-state index contributed by atoms with van der Waals surface area (Å²) in [6.07, 6.45) is 5.29. The molecule has 0 radical (unpaired) electrons. The van der Waals surface area contributed by atoms with E-state index in [1.807, 2.05) is 11.3 Å². The van der Waals surface area contributed by atoms with Gasteiger partial charge >= 0.3 is 0 Å². The van der Waals surface area contributed by atoms with Gasteiger partial charge in [0.15, 0.2) is 5.13 Å². The molecule has 1 aromatic heterocycles. The van der Waals surface area contributed by atoms with Crippen LogP contribution in [-0.2, 0) is 6.54 Å². The summed E-state index contributed by atoms with van der Waals surface area (Å²) in [6.45, 7) is 5.34. The monoisotopic (exact) mass is 251 g/mol. The highest BCUT2D eigenvalue weighted by atomic mass is 32.1. The van der Waals surface area contributed by atoms with E-state index in [0.29, 0.717) is 6.54 Å². The van der Waals surface area contributed by atoms with Gasteiger partial charge in [-0.05, 0) is 31.6 Å². The second-order valence-electron chi connectivity index (χ2n) is 5.48. The van der Waals surface area contributed by atoms with Crippen molar-refractivity contribution >= 4 is 16.5 Å². The summed E-state index contributed by atoms with van der Waals surface area (Å²) in [7, 11) is 0. The molecule has 0 spiro atoms. The zero-order valence-corrected chi connectivity index (χ0v) is 11.3. The number of hydrogen-bond acceptors (Lipinski definition) is 4.